The molecule has 1 aliphatic rings. The molecule has 1 fully saturated rings. The molecule has 3 nitrogen and oxygen atoms in total. The molecule has 1 heterocycles. The number of nitrogens with zero attached hydrogens (tertiary/aromatic N) is 2. The minimum absolute atomic E-state index is 0.124. The molecule has 4 heteroatoms. The van der Waals surface area contributed by atoms with Crippen LogP contribution < -0.4 is 10.6 Å². The second kappa shape index (κ2) is 6.55. The molecular weight excluding hydrogens is 253 g/mol. The lowest BCUT2D eigenvalue weighted by Crippen LogP contribution is -2.50. The molecule has 0 radical (unpaired) electrons. The Morgan fingerprint density at radius 3 is 2.40 bits per heavy atom. The van der Waals surface area contributed by atoms with Crippen LogP contribution in [0.25, 0.3) is 0 Å². The fourth-order valence-electron chi connectivity index (χ4n) is 2.72. The van der Waals surface area contributed by atoms with Gasteiger partial charge >= 0.3 is 0 Å². The maximum atomic E-state index is 13.8. The van der Waals surface area contributed by atoms with E-state index in [2.05, 4.69) is 23.6 Å². The van der Waals surface area contributed by atoms with Crippen molar-refractivity contribution in [2.75, 3.05) is 44.2 Å². The zero-order valence-corrected chi connectivity index (χ0v) is 12.6. The van der Waals surface area contributed by atoms with Crippen molar-refractivity contribution >= 4 is 5.69 Å². The third-order valence-electron chi connectivity index (χ3n) is 4.52. The molecule has 1 aromatic rings. The van der Waals surface area contributed by atoms with E-state index in [0.717, 1.165) is 51.4 Å². The maximum absolute atomic E-state index is 13.8. The lowest BCUT2D eigenvalue weighted by atomic mass is 9.87. The summed E-state index contributed by atoms with van der Waals surface area (Å²) in [6.45, 7) is 9.91. The first-order valence-electron chi connectivity index (χ1n) is 7.50. The normalized spacial score (nSPS) is 19.9. The van der Waals surface area contributed by atoms with Gasteiger partial charge in [0.05, 0.1) is 5.69 Å². The number of hydrogen-bond acceptors (Lipinski definition) is 3. The summed E-state index contributed by atoms with van der Waals surface area (Å²) in [7, 11) is 0. The number of hydrogen-bond donors (Lipinski definition) is 1. The van der Waals surface area contributed by atoms with Crippen LogP contribution in [0.2, 0.25) is 0 Å². The first kappa shape index (κ1) is 15.3. The van der Waals surface area contributed by atoms with Gasteiger partial charge < -0.3 is 10.6 Å². The monoisotopic (exact) mass is 279 g/mol. The Kier molecular flexibility index (Phi) is 5.00. The second-order valence-corrected chi connectivity index (χ2v) is 6.08. The standard InChI is InChI=1S/C16H26FN3/c1-3-16(2,12-18)13-19-8-10-20(11-9-19)15-7-5-4-6-14(15)17/h4-7H,3,8-13,18H2,1-2H3. The molecule has 0 aromatic heterocycles. The quantitative estimate of drug-likeness (QED) is 0.898. The summed E-state index contributed by atoms with van der Waals surface area (Å²) >= 11 is 0. The highest BCUT2D eigenvalue weighted by Crippen LogP contribution is 2.24. The van der Waals surface area contributed by atoms with Gasteiger partial charge in [-0.25, -0.2) is 4.39 Å². The van der Waals surface area contributed by atoms with Crippen LogP contribution in [0.5, 0.6) is 0 Å². The Bertz CT molecular complexity index is 423. The highest BCUT2D eigenvalue weighted by atomic mass is 19.1. The van der Waals surface area contributed by atoms with Gasteiger partial charge in [0, 0.05) is 32.7 Å². The molecule has 20 heavy (non-hydrogen) atoms. The van der Waals surface area contributed by atoms with Crippen LogP contribution in [0.3, 0.4) is 0 Å². The minimum Gasteiger partial charge on any atom is -0.367 e. The molecule has 2 N–H and O–H groups in total. The fraction of sp³-hybridized carbons (Fsp3) is 0.625. The molecule has 0 amide bonds. The van der Waals surface area contributed by atoms with Crippen LogP contribution in [-0.4, -0.2) is 44.2 Å². The van der Waals surface area contributed by atoms with Crippen LogP contribution in [0.4, 0.5) is 10.1 Å². The van der Waals surface area contributed by atoms with E-state index in [1.54, 1.807) is 6.07 Å². The van der Waals surface area contributed by atoms with Crippen LogP contribution in [0.15, 0.2) is 24.3 Å². The van der Waals surface area contributed by atoms with Crippen molar-refractivity contribution < 1.29 is 4.39 Å². The van der Waals surface area contributed by atoms with Gasteiger partial charge in [-0.05, 0) is 30.5 Å². The lowest BCUT2D eigenvalue weighted by molar-refractivity contribution is 0.157. The third kappa shape index (κ3) is 3.49. The predicted molar refractivity (Wildman–Crippen MR) is 82.5 cm³/mol. The van der Waals surface area contributed by atoms with Crippen molar-refractivity contribution in [3.63, 3.8) is 0 Å². The number of halogens is 1. The van der Waals surface area contributed by atoms with Crippen molar-refractivity contribution in [1.82, 2.24) is 4.90 Å². The Labute approximate surface area is 121 Å². The van der Waals surface area contributed by atoms with E-state index in [4.69, 9.17) is 5.73 Å². The Balaban J connectivity index is 1.91. The van der Waals surface area contributed by atoms with Crippen molar-refractivity contribution in [2.24, 2.45) is 11.1 Å². The van der Waals surface area contributed by atoms with Gasteiger partial charge in [0.2, 0.25) is 0 Å². The van der Waals surface area contributed by atoms with E-state index in [1.807, 2.05) is 12.1 Å². The van der Waals surface area contributed by atoms with E-state index < -0.39 is 0 Å². The van der Waals surface area contributed by atoms with Gasteiger partial charge in [0.1, 0.15) is 5.82 Å². The summed E-state index contributed by atoms with van der Waals surface area (Å²) in [5, 5.41) is 0. The van der Waals surface area contributed by atoms with Gasteiger partial charge in [-0.1, -0.05) is 26.0 Å². The summed E-state index contributed by atoms with van der Waals surface area (Å²) in [5.41, 5.74) is 6.81. The molecule has 1 aliphatic heterocycles. The molecule has 1 atom stereocenters. The first-order chi connectivity index (χ1) is 9.58. The number of piperazine rings is 1. The highest BCUT2D eigenvalue weighted by molar-refractivity contribution is 5.47. The Hall–Kier alpha value is -1.13. The van der Waals surface area contributed by atoms with E-state index in [1.165, 1.54) is 6.07 Å². The number of rotatable bonds is 5. The summed E-state index contributed by atoms with van der Waals surface area (Å²) in [5.74, 6) is -0.124. The van der Waals surface area contributed by atoms with Crippen LogP contribution in [0.1, 0.15) is 20.3 Å². The molecule has 0 spiro atoms. The largest absolute Gasteiger partial charge is 0.367 e. The fourth-order valence-corrected chi connectivity index (χ4v) is 2.72. The molecule has 0 aliphatic carbocycles. The summed E-state index contributed by atoms with van der Waals surface area (Å²) in [6, 6.07) is 7.03. The van der Waals surface area contributed by atoms with Gasteiger partial charge in [-0.3, -0.25) is 4.90 Å². The number of benzene rings is 1. The summed E-state index contributed by atoms with van der Waals surface area (Å²) < 4.78 is 13.8. The number of anilines is 1. The maximum Gasteiger partial charge on any atom is 0.146 e. The average Bonchev–Trinajstić information content (AvgIpc) is 2.49. The van der Waals surface area contributed by atoms with Crippen LogP contribution in [0, 0.1) is 11.2 Å². The topological polar surface area (TPSA) is 32.5 Å². The molecule has 112 valence electrons. The average molecular weight is 279 g/mol. The summed E-state index contributed by atoms with van der Waals surface area (Å²) in [4.78, 5) is 4.59. The molecule has 0 saturated carbocycles. The minimum atomic E-state index is -0.124. The zero-order valence-electron chi connectivity index (χ0n) is 12.6. The second-order valence-electron chi connectivity index (χ2n) is 6.08. The van der Waals surface area contributed by atoms with Crippen LogP contribution in [-0.2, 0) is 0 Å². The van der Waals surface area contributed by atoms with Crippen molar-refractivity contribution in [1.29, 1.82) is 0 Å². The molecular formula is C16H26FN3. The van der Waals surface area contributed by atoms with E-state index >= 15 is 0 Å². The molecule has 2 rings (SSSR count). The molecule has 1 saturated heterocycles. The first-order valence-corrected chi connectivity index (χ1v) is 7.50. The molecule has 0 bridgehead atoms. The lowest BCUT2D eigenvalue weighted by Gasteiger charge is -2.40. The van der Waals surface area contributed by atoms with E-state index in [0.29, 0.717) is 0 Å². The Morgan fingerprint density at radius 2 is 1.85 bits per heavy atom. The van der Waals surface area contributed by atoms with Gasteiger partial charge in [-0.15, -0.1) is 0 Å². The third-order valence-corrected chi connectivity index (χ3v) is 4.52. The van der Waals surface area contributed by atoms with E-state index in [-0.39, 0.29) is 11.2 Å². The molecule has 1 aromatic carbocycles. The van der Waals surface area contributed by atoms with Gasteiger partial charge in [-0.2, -0.15) is 0 Å². The van der Waals surface area contributed by atoms with E-state index in [9.17, 15) is 4.39 Å². The smallest absolute Gasteiger partial charge is 0.146 e. The van der Waals surface area contributed by atoms with Crippen molar-refractivity contribution in [2.45, 2.75) is 20.3 Å². The van der Waals surface area contributed by atoms with Gasteiger partial charge in [0.15, 0.2) is 0 Å². The molecule has 1 unspecified atom stereocenters. The van der Waals surface area contributed by atoms with Gasteiger partial charge in [0.25, 0.3) is 0 Å². The highest BCUT2D eigenvalue weighted by Gasteiger charge is 2.26. The number of nitrogens with two attached hydrogens (primary N) is 1. The van der Waals surface area contributed by atoms with Crippen molar-refractivity contribution in [3.8, 4) is 0 Å². The SMILES string of the molecule is CCC(C)(CN)CN1CCN(c2ccccc2F)CC1. The Morgan fingerprint density at radius 1 is 1.20 bits per heavy atom. The number of para-hydroxylation sites is 1. The van der Waals surface area contributed by atoms with Crippen molar-refractivity contribution in [3.05, 3.63) is 30.1 Å². The predicted octanol–water partition coefficient (Wildman–Crippen LogP) is 2.32. The zero-order chi connectivity index (χ0) is 14.6. The summed E-state index contributed by atoms with van der Waals surface area (Å²) in [6.07, 6.45) is 1.09. The van der Waals surface area contributed by atoms with Crippen LogP contribution >= 0.6 is 0 Å².